The van der Waals surface area contributed by atoms with Crippen LogP contribution in [0.2, 0.25) is 0 Å². The van der Waals surface area contributed by atoms with Crippen LogP contribution in [0.5, 0.6) is 0 Å². The van der Waals surface area contributed by atoms with Crippen LogP contribution in [0.3, 0.4) is 0 Å². The molecule has 0 heterocycles. The Hall–Kier alpha value is -10.8. The summed E-state index contributed by atoms with van der Waals surface area (Å²) < 4.78 is 0. The van der Waals surface area contributed by atoms with Crippen molar-refractivity contribution in [3.63, 3.8) is 0 Å². The summed E-state index contributed by atoms with van der Waals surface area (Å²) in [6.07, 6.45) is 0. The molecule has 0 aliphatic rings. The molecule has 0 radical (unpaired) electrons. The topological polar surface area (TPSA) is 6.48 Å². The molecule has 86 heavy (non-hydrogen) atoms. The number of rotatable bonds is 13. The molecule has 0 saturated carbocycles. The van der Waals surface area contributed by atoms with Gasteiger partial charge < -0.3 is 9.80 Å². The molecule has 0 bridgehead atoms. The molecule has 0 fully saturated rings. The lowest BCUT2D eigenvalue weighted by molar-refractivity contribution is 1.22. The highest BCUT2D eigenvalue weighted by Crippen LogP contribution is 2.49. The second-order valence-corrected chi connectivity index (χ2v) is 22.6. The lowest BCUT2D eigenvalue weighted by Crippen LogP contribution is -2.14. The fourth-order valence-electron chi connectivity index (χ4n) is 12.8. The SMILES string of the molecule is Cc1cc(-c2ccc(N(c3ccc(-c4ccc(-c5ccccc5)cc4)cc3)c3c(C)cccc3-c3cccc4ccccc34)c(C)c2)ccc1N(c1ccc(-c2ccc(-c3ccccc3)cc2)cc1)c1c(C)cccc1-c1cccc2ccccc12. The lowest BCUT2D eigenvalue weighted by atomic mass is 9.93. The molecule has 0 amide bonds. The Morgan fingerprint density at radius 3 is 0.837 bits per heavy atom. The molecular weight excluding hydrogens is 1040 g/mol. The van der Waals surface area contributed by atoms with Crippen LogP contribution in [0, 0.1) is 27.7 Å². The van der Waals surface area contributed by atoms with Crippen molar-refractivity contribution in [2.24, 2.45) is 0 Å². The summed E-state index contributed by atoms with van der Waals surface area (Å²) in [6, 6.07) is 116. The minimum Gasteiger partial charge on any atom is -0.309 e. The molecule has 410 valence electrons. The molecule has 0 atom stereocenters. The quantitative estimate of drug-likeness (QED) is 0.114. The standard InChI is InChI=1S/C84H64N2/c1-57-19-15-33-79(77-31-17-27-69-25-11-13-29-75(69)77)83(57)85(73-49-43-67(44-50-73)65-39-35-63(36-40-65)61-21-7-5-8-22-61)81-53-47-71(55-59(81)3)72-48-54-82(60(4)56-72)86(84-58(2)20-16-34-80(84)78-32-18-28-70-26-12-14-30-76(70)78)74-51-45-68(46-52-74)66-41-37-64(38-42-66)62-23-9-6-10-24-62/h5-56H,1-4H3. The Balaban J connectivity index is 0.859. The van der Waals surface area contributed by atoms with Gasteiger partial charge in [0.2, 0.25) is 0 Å². The third kappa shape index (κ3) is 10.2. The zero-order valence-corrected chi connectivity index (χ0v) is 48.9. The monoisotopic (exact) mass is 1100 g/mol. The van der Waals surface area contributed by atoms with E-state index in [1.807, 2.05) is 0 Å². The Labute approximate surface area is 505 Å². The minimum absolute atomic E-state index is 1.09. The number of aryl methyl sites for hydroxylation is 4. The Kier molecular flexibility index (Phi) is 14.3. The molecule has 0 aromatic heterocycles. The van der Waals surface area contributed by atoms with Crippen LogP contribution in [0.1, 0.15) is 22.3 Å². The van der Waals surface area contributed by atoms with E-state index in [1.165, 1.54) is 111 Å². The average Bonchev–Trinajstić information content (AvgIpc) is 2.37. The van der Waals surface area contributed by atoms with E-state index in [-0.39, 0.29) is 0 Å². The number of benzene rings is 14. The molecule has 0 saturated heterocycles. The van der Waals surface area contributed by atoms with Crippen LogP contribution in [0.25, 0.3) is 99.4 Å². The van der Waals surface area contributed by atoms with Crippen LogP contribution < -0.4 is 9.80 Å². The third-order valence-corrected chi connectivity index (χ3v) is 17.2. The highest BCUT2D eigenvalue weighted by Gasteiger charge is 2.25. The fraction of sp³-hybridized carbons (Fsp3) is 0.0476. The van der Waals surface area contributed by atoms with Gasteiger partial charge in [0.05, 0.1) is 11.4 Å². The van der Waals surface area contributed by atoms with Gasteiger partial charge in [-0.3, -0.25) is 0 Å². The summed E-state index contributed by atoms with van der Waals surface area (Å²) in [7, 11) is 0. The molecule has 0 aliphatic heterocycles. The molecule has 0 unspecified atom stereocenters. The number of nitrogens with zero attached hydrogens (tertiary/aromatic N) is 2. The lowest BCUT2D eigenvalue weighted by Gasteiger charge is -2.32. The first kappa shape index (κ1) is 53.2. The number of anilines is 6. The van der Waals surface area contributed by atoms with E-state index in [0.717, 1.165) is 45.3 Å². The molecule has 0 aliphatic carbocycles. The Bertz CT molecular complexity index is 4440. The summed E-state index contributed by atoms with van der Waals surface area (Å²) in [5.74, 6) is 0. The average molecular weight is 1100 g/mol. The highest BCUT2D eigenvalue weighted by atomic mass is 15.2. The Morgan fingerprint density at radius 1 is 0.198 bits per heavy atom. The molecule has 2 nitrogen and oxygen atoms in total. The molecular formula is C84H64N2. The van der Waals surface area contributed by atoms with Crippen LogP contribution in [-0.2, 0) is 0 Å². The van der Waals surface area contributed by atoms with Gasteiger partial charge in [0.1, 0.15) is 0 Å². The van der Waals surface area contributed by atoms with E-state index in [4.69, 9.17) is 0 Å². The van der Waals surface area contributed by atoms with E-state index in [2.05, 4.69) is 353 Å². The first-order valence-electron chi connectivity index (χ1n) is 29.8. The van der Waals surface area contributed by atoms with Gasteiger partial charge in [0, 0.05) is 33.9 Å². The minimum atomic E-state index is 1.09. The van der Waals surface area contributed by atoms with Gasteiger partial charge >= 0.3 is 0 Å². The maximum atomic E-state index is 2.49. The maximum Gasteiger partial charge on any atom is 0.0569 e. The van der Waals surface area contributed by atoms with Gasteiger partial charge in [-0.15, -0.1) is 0 Å². The van der Waals surface area contributed by atoms with Gasteiger partial charge in [-0.1, -0.05) is 267 Å². The van der Waals surface area contributed by atoms with Crippen LogP contribution in [0.4, 0.5) is 34.1 Å². The van der Waals surface area contributed by atoms with Crippen molar-refractivity contribution in [3.05, 3.63) is 338 Å². The summed E-state index contributed by atoms with van der Waals surface area (Å²) in [5.41, 5.74) is 28.2. The van der Waals surface area contributed by atoms with Crippen molar-refractivity contribution in [2.45, 2.75) is 27.7 Å². The molecule has 0 N–H and O–H groups in total. The van der Waals surface area contributed by atoms with Gasteiger partial charge in [0.15, 0.2) is 0 Å². The fourth-order valence-corrected chi connectivity index (χ4v) is 12.8. The smallest absolute Gasteiger partial charge is 0.0569 e. The number of para-hydroxylation sites is 2. The second-order valence-electron chi connectivity index (χ2n) is 22.6. The predicted octanol–water partition coefficient (Wildman–Crippen LogP) is 23.8. The molecule has 2 heteroatoms. The zero-order valence-electron chi connectivity index (χ0n) is 48.9. The van der Waals surface area contributed by atoms with Gasteiger partial charge in [-0.2, -0.15) is 0 Å². The molecule has 14 aromatic rings. The maximum absolute atomic E-state index is 2.49. The van der Waals surface area contributed by atoms with Crippen molar-refractivity contribution in [3.8, 4) is 77.9 Å². The number of hydrogen-bond acceptors (Lipinski definition) is 2. The first-order valence-corrected chi connectivity index (χ1v) is 29.8. The zero-order chi connectivity index (χ0) is 58.1. The summed E-state index contributed by atoms with van der Waals surface area (Å²) in [6.45, 7) is 9.03. The van der Waals surface area contributed by atoms with Crippen LogP contribution in [0.15, 0.2) is 315 Å². The van der Waals surface area contributed by atoms with Crippen molar-refractivity contribution in [1.82, 2.24) is 0 Å². The largest absolute Gasteiger partial charge is 0.309 e. The van der Waals surface area contributed by atoms with E-state index < -0.39 is 0 Å². The normalized spacial score (nSPS) is 11.3. The number of fused-ring (bicyclic) bond motifs is 2. The molecule has 14 aromatic carbocycles. The van der Waals surface area contributed by atoms with Crippen molar-refractivity contribution >= 4 is 55.7 Å². The van der Waals surface area contributed by atoms with Crippen molar-refractivity contribution < 1.29 is 0 Å². The second kappa shape index (κ2) is 23.1. The van der Waals surface area contributed by atoms with E-state index in [9.17, 15) is 0 Å². The number of hydrogen-bond donors (Lipinski definition) is 0. The predicted molar refractivity (Wildman–Crippen MR) is 368 cm³/mol. The highest BCUT2D eigenvalue weighted by molar-refractivity contribution is 6.04. The first-order chi connectivity index (χ1) is 42.3. The Morgan fingerprint density at radius 2 is 0.477 bits per heavy atom. The van der Waals surface area contributed by atoms with E-state index in [0.29, 0.717) is 0 Å². The van der Waals surface area contributed by atoms with Gasteiger partial charge in [-0.05, 0) is 187 Å². The summed E-state index contributed by atoms with van der Waals surface area (Å²) in [4.78, 5) is 4.97. The third-order valence-electron chi connectivity index (χ3n) is 17.2. The van der Waals surface area contributed by atoms with Crippen molar-refractivity contribution in [1.29, 1.82) is 0 Å². The summed E-state index contributed by atoms with van der Waals surface area (Å²) >= 11 is 0. The molecule has 14 rings (SSSR count). The van der Waals surface area contributed by atoms with Crippen LogP contribution >= 0.6 is 0 Å². The van der Waals surface area contributed by atoms with Gasteiger partial charge in [-0.25, -0.2) is 0 Å². The van der Waals surface area contributed by atoms with Crippen molar-refractivity contribution in [2.75, 3.05) is 9.80 Å². The van der Waals surface area contributed by atoms with E-state index >= 15 is 0 Å². The van der Waals surface area contributed by atoms with Gasteiger partial charge in [0.25, 0.3) is 0 Å². The molecule has 0 spiro atoms. The van der Waals surface area contributed by atoms with E-state index in [1.54, 1.807) is 0 Å². The van der Waals surface area contributed by atoms with Crippen LogP contribution in [-0.4, -0.2) is 0 Å². The summed E-state index contributed by atoms with van der Waals surface area (Å²) in [5, 5.41) is 4.91.